The third-order valence-electron chi connectivity index (χ3n) is 2.55. The highest BCUT2D eigenvalue weighted by atomic mass is 15.2. The van der Waals surface area contributed by atoms with Gasteiger partial charge in [0.25, 0.3) is 0 Å². The molecule has 76 valence electrons. The molecule has 0 amide bonds. The second-order valence-corrected chi connectivity index (χ2v) is 3.80. The molecular formula is C10H16N4. The molecule has 4 N–H and O–H groups in total. The van der Waals surface area contributed by atoms with E-state index < -0.39 is 0 Å². The van der Waals surface area contributed by atoms with Crippen LogP contribution in [0.3, 0.4) is 0 Å². The lowest BCUT2D eigenvalue weighted by atomic mass is 10.1. The van der Waals surface area contributed by atoms with Crippen LogP contribution in [0.2, 0.25) is 0 Å². The van der Waals surface area contributed by atoms with E-state index in [0.717, 1.165) is 37.4 Å². The third kappa shape index (κ3) is 1.96. The molecule has 4 nitrogen and oxygen atoms in total. The Kier molecular flexibility index (Phi) is 2.54. The number of pyridine rings is 1. The standard InChI is InChI=1S/C10H16N4/c11-8-3-4-13-10(6-8)14-5-1-2-9(12)7-14/h3-4,6,9H,1-2,5,7,12H2,(H2,11,13). The van der Waals surface area contributed by atoms with Crippen molar-refractivity contribution in [3.05, 3.63) is 18.3 Å². The van der Waals surface area contributed by atoms with Gasteiger partial charge >= 0.3 is 0 Å². The van der Waals surface area contributed by atoms with Crippen LogP contribution >= 0.6 is 0 Å². The Morgan fingerprint density at radius 3 is 3.07 bits per heavy atom. The highest BCUT2D eigenvalue weighted by Gasteiger charge is 2.17. The molecule has 14 heavy (non-hydrogen) atoms. The smallest absolute Gasteiger partial charge is 0.130 e. The fourth-order valence-corrected chi connectivity index (χ4v) is 1.83. The minimum Gasteiger partial charge on any atom is -0.399 e. The van der Waals surface area contributed by atoms with Crippen LogP contribution in [0.25, 0.3) is 0 Å². The summed E-state index contributed by atoms with van der Waals surface area (Å²) < 4.78 is 0. The van der Waals surface area contributed by atoms with E-state index in [9.17, 15) is 0 Å². The van der Waals surface area contributed by atoms with Crippen LogP contribution in [-0.2, 0) is 0 Å². The Bertz CT molecular complexity index is 313. The van der Waals surface area contributed by atoms with Gasteiger partial charge in [-0.15, -0.1) is 0 Å². The monoisotopic (exact) mass is 192 g/mol. The Hall–Kier alpha value is -1.29. The fraction of sp³-hybridized carbons (Fsp3) is 0.500. The molecule has 0 radical (unpaired) electrons. The first-order chi connectivity index (χ1) is 6.75. The Labute approximate surface area is 83.9 Å². The minimum absolute atomic E-state index is 0.270. The predicted molar refractivity (Wildman–Crippen MR) is 58.1 cm³/mol. The molecule has 1 aliphatic heterocycles. The first-order valence-corrected chi connectivity index (χ1v) is 4.98. The zero-order valence-corrected chi connectivity index (χ0v) is 8.19. The van der Waals surface area contributed by atoms with Crippen LogP contribution in [0.4, 0.5) is 11.5 Å². The summed E-state index contributed by atoms with van der Waals surface area (Å²) in [4.78, 5) is 6.49. The van der Waals surface area contributed by atoms with Gasteiger partial charge < -0.3 is 16.4 Å². The number of rotatable bonds is 1. The average molecular weight is 192 g/mol. The minimum atomic E-state index is 0.270. The second-order valence-electron chi connectivity index (χ2n) is 3.80. The SMILES string of the molecule is Nc1ccnc(N2CCCC(N)C2)c1. The average Bonchev–Trinajstić information content (AvgIpc) is 2.18. The second kappa shape index (κ2) is 3.84. The van der Waals surface area contributed by atoms with Crippen LogP contribution in [0.5, 0.6) is 0 Å². The number of nitrogens with two attached hydrogens (primary N) is 2. The van der Waals surface area contributed by atoms with Gasteiger partial charge in [0.1, 0.15) is 5.82 Å². The summed E-state index contributed by atoms with van der Waals surface area (Å²) in [7, 11) is 0. The lowest BCUT2D eigenvalue weighted by Gasteiger charge is -2.31. The lowest BCUT2D eigenvalue weighted by molar-refractivity contribution is 0.503. The summed E-state index contributed by atoms with van der Waals surface area (Å²) >= 11 is 0. The maximum Gasteiger partial charge on any atom is 0.130 e. The number of nitrogen functional groups attached to an aromatic ring is 1. The van der Waals surface area contributed by atoms with Crippen molar-refractivity contribution < 1.29 is 0 Å². The lowest BCUT2D eigenvalue weighted by Crippen LogP contribution is -2.43. The van der Waals surface area contributed by atoms with Gasteiger partial charge in [-0.05, 0) is 18.9 Å². The number of hydrogen-bond donors (Lipinski definition) is 2. The van der Waals surface area contributed by atoms with E-state index in [4.69, 9.17) is 11.5 Å². The molecule has 1 aliphatic rings. The van der Waals surface area contributed by atoms with Gasteiger partial charge in [0.05, 0.1) is 0 Å². The number of aromatic nitrogens is 1. The van der Waals surface area contributed by atoms with Gasteiger partial charge in [-0.2, -0.15) is 0 Å². The van der Waals surface area contributed by atoms with Gasteiger partial charge in [-0.25, -0.2) is 4.98 Å². The van der Waals surface area contributed by atoms with Crippen LogP contribution in [0.15, 0.2) is 18.3 Å². The topological polar surface area (TPSA) is 68.2 Å². The van der Waals surface area contributed by atoms with E-state index in [0.29, 0.717) is 0 Å². The molecule has 2 rings (SSSR count). The first-order valence-electron chi connectivity index (χ1n) is 4.98. The van der Waals surface area contributed by atoms with Crippen molar-refractivity contribution >= 4 is 11.5 Å². The molecule has 1 saturated heterocycles. The van der Waals surface area contributed by atoms with Gasteiger partial charge in [-0.3, -0.25) is 0 Å². The molecular weight excluding hydrogens is 176 g/mol. The molecule has 1 aromatic heterocycles. The number of nitrogens with zero attached hydrogens (tertiary/aromatic N) is 2. The van der Waals surface area contributed by atoms with Gasteiger partial charge in [-0.1, -0.05) is 0 Å². The van der Waals surface area contributed by atoms with E-state index >= 15 is 0 Å². The summed E-state index contributed by atoms with van der Waals surface area (Å²) in [6.45, 7) is 1.92. The summed E-state index contributed by atoms with van der Waals surface area (Å²) in [5.74, 6) is 0.945. The van der Waals surface area contributed by atoms with E-state index in [2.05, 4.69) is 9.88 Å². The first kappa shape index (κ1) is 9.27. The normalized spacial score (nSPS) is 22.4. The van der Waals surface area contributed by atoms with Crippen molar-refractivity contribution in [3.63, 3.8) is 0 Å². The van der Waals surface area contributed by atoms with Crippen molar-refractivity contribution in [2.75, 3.05) is 23.7 Å². The van der Waals surface area contributed by atoms with Gasteiger partial charge in [0.2, 0.25) is 0 Å². The van der Waals surface area contributed by atoms with Crippen molar-refractivity contribution in [3.8, 4) is 0 Å². The molecule has 1 unspecified atom stereocenters. The molecule has 0 bridgehead atoms. The van der Waals surface area contributed by atoms with Crippen LogP contribution in [0.1, 0.15) is 12.8 Å². The van der Waals surface area contributed by atoms with Crippen molar-refractivity contribution in [1.29, 1.82) is 0 Å². The van der Waals surface area contributed by atoms with Crippen molar-refractivity contribution in [1.82, 2.24) is 4.98 Å². The van der Waals surface area contributed by atoms with Gasteiger partial charge in [0.15, 0.2) is 0 Å². The summed E-state index contributed by atoms with van der Waals surface area (Å²) in [6, 6.07) is 3.97. The van der Waals surface area contributed by atoms with E-state index in [-0.39, 0.29) is 6.04 Å². The number of piperidine rings is 1. The molecule has 0 spiro atoms. The van der Waals surface area contributed by atoms with Crippen LogP contribution < -0.4 is 16.4 Å². The molecule has 1 fully saturated rings. The molecule has 2 heterocycles. The zero-order valence-electron chi connectivity index (χ0n) is 8.19. The molecule has 1 aromatic rings. The molecule has 4 heteroatoms. The Morgan fingerprint density at radius 1 is 1.50 bits per heavy atom. The zero-order chi connectivity index (χ0) is 9.97. The van der Waals surface area contributed by atoms with E-state index in [1.54, 1.807) is 12.3 Å². The third-order valence-corrected chi connectivity index (χ3v) is 2.55. The molecule has 0 saturated carbocycles. The highest BCUT2D eigenvalue weighted by Crippen LogP contribution is 2.18. The largest absolute Gasteiger partial charge is 0.399 e. The summed E-state index contributed by atoms with van der Waals surface area (Å²) in [6.07, 6.45) is 3.99. The Balaban J connectivity index is 2.14. The maximum atomic E-state index is 5.90. The fourth-order valence-electron chi connectivity index (χ4n) is 1.83. The van der Waals surface area contributed by atoms with Crippen LogP contribution in [-0.4, -0.2) is 24.1 Å². The summed E-state index contributed by atoms with van der Waals surface area (Å²) in [5.41, 5.74) is 12.4. The number of anilines is 2. The van der Waals surface area contributed by atoms with Crippen molar-refractivity contribution in [2.24, 2.45) is 5.73 Å². The Morgan fingerprint density at radius 2 is 2.36 bits per heavy atom. The predicted octanol–water partition coefficient (Wildman–Crippen LogP) is 0.591. The molecule has 0 aromatic carbocycles. The summed E-state index contributed by atoms with van der Waals surface area (Å²) in [5, 5.41) is 0. The maximum absolute atomic E-state index is 5.90. The van der Waals surface area contributed by atoms with Crippen LogP contribution in [0, 0.1) is 0 Å². The molecule has 1 atom stereocenters. The van der Waals surface area contributed by atoms with Crippen molar-refractivity contribution in [2.45, 2.75) is 18.9 Å². The number of hydrogen-bond acceptors (Lipinski definition) is 4. The van der Waals surface area contributed by atoms with E-state index in [1.165, 1.54) is 0 Å². The molecule has 0 aliphatic carbocycles. The van der Waals surface area contributed by atoms with Gasteiger partial charge in [0, 0.05) is 37.1 Å². The highest BCUT2D eigenvalue weighted by molar-refractivity contribution is 5.50. The quantitative estimate of drug-likeness (QED) is 0.683. The van der Waals surface area contributed by atoms with E-state index in [1.807, 2.05) is 6.07 Å².